The molecule has 0 aromatic heterocycles. The van der Waals surface area contributed by atoms with Gasteiger partial charge in [-0.3, -0.25) is 0 Å². The van der Waals surface area contributed by atoms with E-state index in [-0.39, 0.29) is 11.9 Å². The van der Waals surface area contributed by atoms with Crippen molar-refractivity contribution < 1.29 is 19.1 Å². The fourth-order valence-corrected chi connectivity index (χ4v) is 6.03. The summed E-state index contributed by atoms with van der Waals surface area (Å²) in [6.45, 7) is 11.4. The van der Waals surface area contributed by atoms with Gasteiger partial charge >= 0.3 is 11.9 Å². The number of ether oxygens (including phenoxy) is 2. The van der Waals surface area contributed by atoms with Crippen molar-refractivity contribution in [2.75, 3.05) is 47.7 Å². The number of thioether (sulfide) groups is 4. The van der Waals surface area contributed by atoms with E-state index in [9.17, 15) is 9.59 Å². The van der Waals surface area contributed by atoms with Crippen molar-refractivity contribution >= 4 is 59.0 Å². The van der Waals surface area contributed by atoms with E-state index in [1.165, 1.54) is 11.1 Å². The summed E-state index contributed by atoms with van der Waals surface area (Å²) in [5, 5.41) is 0. The van der Waals surface area contributed by atoms with Crippen LogP contribution in [-0.4, -0.2) is 59.7 Å². The quantitative estimate of drug-likeness (QED) is 0.137. The Morgan fingerprint density at radius 1 is 0.656 bits per heavy atom. The minimum absolute atomic E-state index is 0.306. The fraction of sp³-hybridized carbons (Fsp3) is 0.500. The minimum atomic E-state index is -0.306. The van der Waals surface area contributed by atoms with Crippen LogP contribution in [0.25, 0.3) is 0 Å². The van der Waals surface area contributed by atoms with Crippen molar-refractivity contribution in [2.45, 2.75) is 25.4 Å². The third-order valence-corrected chi connectivity index (χ3v) is 8.40. The Balaban J connectivity index is 1.99. The van der Waals surface area contributed by atoms with Crippen molar-refractivity contribution in [1.29, 1.82) is 0 Å². The molecular weight excluding hydrogens is 481 g/mol. The first-order valence-electron chi connectivity index (χ1n) is 10.4. The maximum absolute atomic E-state index is 11.3. The van der Waals surface area contributed by atoms with Crippen LogP contribution in [0.1, 0.15) is 25.0 Å². The molecule has 0 atom stereocenters. The Morgan fingerprint density at radius 3 is 1.34 bits per heavy atom. The molecule has 32 heavy (non-hydrogen) atoms. The number of rotatable bonds is 18. The number of hydrogen-bond donors (Lipinski definition) is 0. The molecule has 8 heteroatoms. The molecule has 1 rings (SSSR count). The van der Waals surface area contributed by atoms with E-state index in [0.717, 1.165) is 46.0 Å². The van der Waals surface area contributed by atoms with Crippen molar-refractivity contribution in [3.05, 3.63) is 59.7 Å². The summed E-state index contributed by atoms with van der Waals surface area (Å²) in [6.07, 6.45) is 0. The lowest BCUT2D eigenvalue weighted by atomic mass is 10.2. The van der Waals surface area contributed by atoms with Gasteiger partial charge in [-0.25, -0.2) is 9.59 Å². The molecule has 0 N–H and O–H groups in total. The third-order valence-electron chi connectivity index (χ3n) is 3.92. The van der Waals surface area contributed by atoms with Gasteiger partial charge in [-0.15, -0.1) is 0 Å². The van der Waals surface area contributed by atoms with Gasteiger partial charge in [0.2, 0.25) is 0 Å². The first kappa shape index (κ1) is 29.1. The Labute approximate surface area is 210 Å². The van der Waals surface area contributed by atoms with Crippen LogP contribution in [0.15, 0.2) is 48.6 Å². The molecule has 0 bridgehead atoms. The second-order valence-corrected chi connectivity index (χ2v) is 11.6. The van der Waals surface area contributed by atoms with E-state index >= 15 is 0 Å². The molecule has 0 saturated carbocycles. The van der Waals surface area contributed by atoms with Gasteiger partial charge in [0.05, 0.1) is 0 Å². The normalized spacial score (nSPS) is 10.6. The Hall–Kier alpha value is -0.960. The molecule has 0 aliphatic heterocycles. The number of esters is 2. The number of hydrogen-bond acceptors (Lipinski definition) is 8. The average Bonchev–Trinajstić information content (AvgIpc) is 2.77. The highest BCUT2D eigenvalue weighted by Gasteiger charge is 2.03. The van der Waals surface area contributed by atoms with Crippen LogP contribution >= 0.6 is 47.0 Å². The number of carbonyl (C=O) groups excluding carboxylic acids is 2. The number of carbonyl (C=O) groups is 2. The van der Waals surface area contributed by atoms with Crippen LogP contribution in [0.5, 0.6) is 0 Å². The summed E-state index contributed by atoms with van der Waals surface area (Å²) in [7, 11) is 0. The highest BCUT2D eigenvalue weighted by molar-refractivity contribution is 8.03. The summed E-state index contributed by atoms with van der Waals surface area (Å²) in [6, 6.07) is 8.88. The SMILES string of the molecule is C=C(C)C(=O)OCCSCCSCc1ccc(CSCCSCCOC(=O)C(=C)C)cc1. The van der Waals surface area contributed by atoms with E-state index in [4.69, 9.17) is 9.47 Å². The molecule has 0 fully saturated rings. The first-order chi connectivity index (χ1) is 15.4. The fourth-order valence-electron chi connectivity index (χ4n) is 2.18. The van der Waals surface area contributed by atoms with Crippen molar-refractivity contribution in [3.63, 3.8) is 0 Å². The van der Waals surface area contributed by atoms with E-state index in [2.05, 4.69) is 37.4 Å². The van der Waals surface area contributed by atoms with Crippen molar-refractivity contribution in [2.24, 2.45) is 0 Å². The molecule has 1 aromatic rings. The van der Waals surface area contributed by atoms with E-state index in [0.29, 0.717) is 24.4 Å². The van der Waals surface area contributed by atoms with Gasteiger partial charge in [0.1, 0.15) is 13.2 Å². The average molecular weight is 515 g/mol. The molecular formula is C24H34O4S4. The largest absolute Gasteiger partial charge is 0.461 e. The molecule has 0 heterocycles. The monoisotopic (exact) mass is 514 g/mol. The van der Waals surface area contributed by atoms with Crippen LogP contribution in [0.4, 0.5) is 0 Å². The van der Waals surface area contributed by atoms with Gasteiger partial charge in [0.15, 0.2) is 0 Å². The summed E-state index contributed by atoms with van der Waals surface area (Å²) in [5.74, 6) is 7.35. The molecule has 0 radical (unpaired) electrons. The molecule has 0 unspecified atom stereocenters. The summed E-state index contributed by atoms with van der Waals surface area (Å²) >= 11 is 7.47. The highest BCUT2D eigenvalue weighted by Crippen LogP contribution is 2.18. The summed E-state index contributed by atoms with van der Waals surface area (Å²) < 4.78 is 10.1. The topological polar surface area (TPSA) is 52.6 Å². The maximum Gasteiger partial charge on any atom is 0.333 e. The molecule has 4 nitrogen and oxygen atoms in total. The lowest BCUT2D eigenvalue weighted by molar-refractivity contribution is -0.139. The highest BCUT2D eigenvalue weighted by atomic mass is 32.2. The van der Waals surface area contributed by atoms with Gasteiger partial charge in [0.25, 0.3) is 0 Å². The Bertz CT molecular complexity index is 658. The molecule has 0 aliphatic carbocycles. The van der Waals surface area contributed by atoms with E-state index in [1.807, 2.05) is 23.5 Å². The van der Waals surface area contributed by atoms with Gasteiger partial charge in [-0.05, 0) is 25.0 Å². The lowest BCUT2D eigenvalue weighted by Crippen LogP contribution is -2.08. The van der Waals surface area contributed by atoms with Crippen LogP contribution < -0.4 is 0 Å². The summed E-state index contributed by atoms with van der Waals surface area (Å²) in [5.41, 5.74) is 3.60. The standard InChI is InChI=1S/C24H34O4S4/c1-19(2)23(25)27-9-11-29-13-15-31-17-21-5-7-22(8-6-21)18-32-16-14-30-12-10-28-24(26)20(3)4/h5-8H,1,3,9-18H2,2,4H3. The van der Waals surface area contributed by atoms with Crippen molar-refractivity contribution in [1.82, 2.24) is 0 Å². The number of benzene rings is 1. The minimum Gasteiger partial charge on any atom is -0.461 e. The summed E-state index contributed by atoms with van der Waals surface area (Å²) in [4.78, 5) is 22.5. The van der Waals surface area contributed by atoms with Crippen LogP contribution in [0.3, 0.4) is 0 Å². The molecule has 178 valence electrons. The van der Waals surface area contributed by atoms with Gasteiger partial charge in [-0.1, -0.05) is 37.4 Å². The maximum atomic E-state index is 11.3. The van der Waals surface area contributed by atoms with Gasteiger partial charge in [0, 0.05) is 57.2 Å². The zero-order valence-corrected chi connectivity index (χ0v) is 22.3. The van der Waals surface area contributed by atoms with E-state index < -0.39 is 0 Å². The first-order valence-corrected chi connectivity index (χ1v) is 15.1. The molecule has 0 amide bonds. The smallest absolute Gasteiger partial charge is 0.333 e. The van der Waals surface area contributed by atoms with E-state index in [1.54, 1.807) is 37.4 Å². The molecule has 1 aromatic carbocycles. The second-order valence-electron chi connectivity index (χ2n) is 6.98. The predicted octanol–water partition coefficient (Wildman–Crippen LogP) is 5.86. The Kier molecular flexibility index (Phi) is 16.8. The van der Waals surface area contributed by atoms with Gasteiger partial charge in [-0.2, -0.15) is 47.0 Å². The lowest BCUT2D eigenvalue weighted by Gasteiger charge is -2.06. The van der Waals surface area contributed by atoms with Crippen LogP contribution in [-0.2, 0) is 30.6 Å². The zero-order valence-electron chi connectivity index (χ0n) is 19.1. The molecule has 0 aliphatic rings. The van der Waals surface area contributed by atoms with Crippen molar-refractivity contribution in [3.8, 4) is 0 Å². The molecule has 0 saturated heterocycles. The van der Waals surface area contributed by atoms with Crippen LogP contribution in [0.2, 0.25) is 0 Å². The predicted molar refractivity (Wildman–Crippen MR) is 145 cm³/mol. The zero-order chi connectivity index (χ0) is 23.6. The Morgan fingerprint density at radius 2 is 1.00 bits per heavy atom. The van der Waals surface area contributed by atoms with Crippen LogP contribution in [0, 0.1) is 0 Å². The van der Waals surface area contributed by atoms with Gasteiger partial charge < -0.3 is 9.47 Å². The molecule has 0 spiro atoms. The third kappa shape index (κ3) is 15.0. The second kappa shape index (κ2) is 18.5.